The Kier molecular flexibility index (Phi) is 4.42. The highest BCUT2D eigenvalue weighted by molar-refractivity contribution is 5.89. The summed E-state index contributed by atoms with van der Waals surface area (Å²) in [6, 6.07) is 0. The van der Waals surface area contributed by atoms with E-state index >= 15 is 0 Å². The van der Waals surface area contributed by atoms with Gasteiger partial charge in [-0.1, -0.05) is 20.8 Å². The predicted octanol–water partition coefficient (Wildman–Crippen LogP) is 2.11. The molecule has 0 heterocycles. The molecule has 152 valence electrons. The van der Waals surface area contributed by atoms with E-state index in [0.717, 1.165) is 19.3 Å². The van der Waals surface area contributed by atoms with Crippen LogP contribution in [0.3, 0.4) is 0 Å². The first-order chi connectivity index (χ1) is 12.6. The maximum Gasteiger partial charge on any atom is 0.190 e. The lowest BCUT2D eigenvalue weighted by molar-refractivity contribution is -0.206. The van der Waals surface area contributed by atoms with Crippen LogP contribution in [0.1, 0.15) is 65.7 Å². The van der Waals surface area contributed by atoms with Crippen LogP contribution in [0.25, 0.3) is 0 Å². The molecule has 0 aromatic heterocycles. The summed E-state index contributed by atoms with van der Waals surface area (Å²) in [5, 5.41) is 32.0. The van der Waals surface area contributed by atoms with Crippen LogP contribution in [-0.4, -0.2) is 45.2 Å². The van der Waals surface area contributed by atoms with Gasteiger partial charge < -0.3 is 15.3 Å². The number of aliphatic hydroxyl groups is 3. The van der Waals surface area contributed by atoms with Crippen LogP contribution in [0.15, 0.2) is 0 Å². The van der Waals surface area contributed by atoms with Gasteiger partial charge in [-0.25, -0.2) is 0 Å². The third-order valence-electron chi connectivity index (χ3n) is 9.54. The molecule has 5 heteroatoms. The topological polar surface area (TPSA) is 94.8 Å². The number of aliphatic hydroxyl groups excluding tert-OH is 2. The summed E-state index contributed by atoms with van der Waals surface area (Å²) in [7, 11) is 0. The fourth-order valence-electron chi connectivity index (χ4n) is 8.24. The van der Waals surface area contributed by atoms with Crippen LogP contribution in [0.4, 0.5) is 0 Å². The van der Waals surface area contributed by atoms with Crippen molar-refractivity contribution in [2.24, 2.45) is 40.4 Å². The molecular formula is C22H34O5. The first kappa shape index (κ1) is 19.5. The molecular weight excluding hydrogens is 344 g/mol. The van der Waals surface area contributed by atoms with Gasteiger partial charge in [-0.05, 0) is 67.1 Å². The van der Waals surface area contributed by atoms with E-state index in [2.05, 4.69) is 13.8 Å². The van der Waals surface area contributed by atoms with E-state index < -0.39 is 29.5 Å². The van der Waals surface area contributed by atoms with Gasteiger partial charge in [-0.15, -0.1) is 0 Å². The zero-order valence-corrected chi connectivity index (χ0v) is 16.8. The standard InChI is InChI=1S/C22H34O5/c1-12-8-14-15-5-7-22(27,18(26)11-23)21(15,3)10-17(25)19(14)20(2)6-4-13(24)9-16(12)20/h12,14-17,19,23,25,27H,4-11H2,1-3H3/t12?,14-,15-,16?,17-,19+,20-,21-,22-/m0/s1. The summed E-state index contributed by atoms with van der Waals surface area (Å²) in [4.78, 5) is 24.6. The highest BCUT2D eigenvalue weighted by atomic mass is 16.3. The third kappa shape index (κ3) is 2.40. The van der Waals surface area contributed by atoms with E-state index in [4.69, 9.17) is 0 Å². The van der Waals surface area contributed by atoms with Crippen LogP contribution in [0.5, 0.6) is 0 Å². The molecule has 0 radical (unpaired) electrons. The molecule has 27 heavy (non-hydrogen) atoms. The maximum atomic E-state index is 12.4. The minimum Gasteiger partial charge on any atom is -0.393 e. The Bertz CT molecular complexity index is 661. The molecule has 4 fully saturated rings. The largest absolute Gasteiger partial charge is 0.393 e. The average molecular weight is 379 g/mol. The van der Waals surface area contributed by atoms with Crippen molar-refractivity contribution in [3.05, 3.63) is 0 Å². The lowest BCUT2D eigenvalue weighted by atomic mass is 9.42. The Morgan fingerprint density at radius 1 is 1.22 bits per heavy atom. The zero-order valence-electron chi connectivity index (χ0n) is 16.8. The van der Waals surface area contributed by atoms with Gasteiger partial charge in [0, 0.05) is 18.3 Å². The molecule has 0 bridgehead atoms. The van der Waals surface area contributed by atoms with Crippen LogP contribution in [0, 0.1) is 40.4 Å². The number of hydrogen-bond donors (Lipinski definition) is 3. The van der Waals surface area contributed by atoms with Gasteiger partial charge in [-0.3, -0.25) is 9.59 Å². The van der Waals surface area contributed by atoms with E-state index in [0.29, 0.717) is 43.3 Å². The van der Waals surface area contributed by atoms with Gasteiger partial charge in [0.25, 0.3) is 0 Å². The van der Waals surface area contributed by atoms with Crippen LogP contribution in [0.2, 0.25) is 0 Å². The lowest BCUT2D eigenvalue weighted by Crippen LogP contribution is -2.64. The second kappa shape index (κ2) is 6.11. The molecule has 0 aliphatic heterocycles. The third-order valence-corrected chi connectivity index (χ3v) is 9.54. The summed E-state index contributed by atoms with van der Waals surface area (Å²) >= 11 is 0. The smallest absolute Gasteiger partial charge is 0.190 e. The Hall–Kier alpha value is -0.780. The number of carbonyl (C=O) groups excluding carboxylic acids is 2. The summed E-state index contributed by atoms with van der Waals surface area (Å²) < 4.78 is 0. The van der Waals surface area contributed by atoms with Crippen molar-refractivity contribution in [1.29, 1.82) is 0 Å². The van der Waals surface area contributed by atoms with Crippen LogP contribution < -0.4 is 0 Å². The molecule has 0 aromatic carbocycles. The van der Waals surface area contributed by atoms with E-state index in [9.17, 15) is 24.9 Å². The van der Waals surface area contributed by atoms with E-state index in [1.807, 2.05) is 6.92 Å². The second-order valence-electron chi connectivity index (χ2n) is 10.5. The molecule has 5 nitrogen and oxygen atoms in total. The summed E-state index contributed by atoms with van der Waals surface area (Å²) in [5.74, 6) is 1.11. The SMILES string of the molecule is CC1C[C@@H]2[C@H]([C@@H](O)C[C@@]3(C)[C@H]2CC[C@]3(O)C(=O)CO)[C@@]2(C)CCC(=O)CC12. The second-order valence-corrected chi connectivity index (χ2v) is 10.5. The van der Waals surface area contributed by atoms with Crippen molar-refractivity contribution in [3.8, 4) is 0 Å². The molecule has 2 unspecified atom stereocenters. The molecule has 0 aromatic rings. The Morgan fingerprint density at radius 3 is 2.59 bits per heavy atom. The Labute approximate surface area is 161 Å². The fourth-order valence-corrected chi connectivity index (χ4v) is 8.24. The van der Waals surface area contributed by atoms with Crippen LogP contribution >= 0.6 is 0 Å². The molecule has 4 aliphatic carbocycles. The number of fused-ring (bicyclic) bond motifs is 5. The molecule has 4 aliphatic rings. The van der Waals surface area contributed by atoms with Crippen molar-refractivity contribution in [2.45, 2.75) is 77.4 Å². The van der Waals surface area contributed by atoms with Crippen molar-refractivity contribution < 1.29 is 24.9 Å². The van der Waals surface area contributed by atoms with Gasteiger partial charge in [0.2, 0.25) is 0 Å². The van der Waals surface area contributed by atoms with Gasteiger partial charge in [-0.2, -0.15) is 0 Å². The number of ketones is 2. The number of Topliss-reactive ketones (excluding diaryl/α,β-unsaturated/α-hetero) is 2. The maximum absolute atomic E-state index is 12.4. The van der Waals surface area contributed by atoms with E-state index in [1.165, 1.54) is 0 Å². The summed E-state index contributed by atoms with van der Waals surface area (Å²) in [5.41, 5.74) is -2.29. The van der Waals surface area contributed by atoms with Gasteiger partial charge in [0.1, 0.15) is 18.0 Å². The molecule has 0 spiro atoms. The van der Waals surface area contributed by atoms with Crippen molar-refractivity contribution in [3.63, 3.8) is 0 Å². The average Bonchev–Trinajstić information content (AvgIpc) is 2.87. The molecule has 9 atom stereocenters. The first-order valence-corrected chi connectivity index (χ1v) is 10.6. The van der Waals surface area contributed by atoms with Crippen molar-refractivity contribution in [2.75, 3.05) is 6.61 Å². The summed E-state index contributed by atoms with van der Waals surface area (Å²) in [6.45, 7) is 5.79. The minimum atomic E-state index is -1.54. The highest BCUT2D eigenvalue weighted by Crippen LogP contribution is 2.69. The molecule has 0 saturated heterocycles. The monoisotopic (exact) mass is 378 g/mol. The van der Waals surface area contributed by atoms with Crippen LogP contribution in [-0.2, 0) is 9.59 Å². The van der Waals surface area contributed by atoms with Gasteiger partial charge in [0.05, 0.1) is 6.10 Å². The predicted molar refractivity (Wildman–Crippen MR) is 99.7 cm³/mol. The number of carbonyl (C=O) groups is 2. The lowest BCUT2D eigenvalue weighted by Gasteiger charge is -2.63. The Morgan fingerprint density at radius 2 is 1.93 bits per heavy atom. The Balaban J connectivity index is 1.73. The molecule has 0 amide bonds. The quantitative estimate of drug-likeness (QED) is 0.684. The van der Waals surface area contributed by atoms with Gasteiger partial charge >= 0.3 is 0 Å². The van der Waals surface area contributed by atoms with E-state index in [1.54, 1.807) is 0 Å². The van der Waals surface area contributed by atoms with Crippen molar-refractivity contribution in [1.82, 2.24) is 0 Å². The normalized spacial score (nSPS) is 54.8. The fraction of sp³-hybridized carbons (Fsp3) is 0.909. The minimum absolute atomic E-state index is 0.0569. The first-order valence-electron chi connectivity index (χ1n) is 10.6. The van der Waals surface area contributed by atoms with Crippen molar-refractivity contribution >= 4 is 11.6 Å². The highest BCUT2D eigenvalue weighted by Gasteiger charge is 2.69. The number of hydrogen-bond acceptors (Lipinski definition) is 5. The van der Waals surface area contributed by atoms with Gasteiger partial charge in [0.15, 0.2) is 5.78 Å². The number of rotatable bonds is 2. The summed E-state index contributed by atoms with van der Waals surface area (Å²) in [6.07, 6.45) is 3.95. The molecule has 4 rings (SSSR count). The van der Waals surface area contributed by atoms with E-state index in [-0.39, 0.29) is 23.2 Å². The molecule has 4 saturated carbocycles. The zero-order chi connectivity index (χ0) is 19.8. The molecule has 3 N–H and O–H groups in total.